The Kier molecular flexibility index (Phi) is 4.13. The topological polar surface area (TPSA) is 100 Å². The van der Waals surface area contributed by atoms with Crippen LogP contribution in [0.1, 0.15) is 10.5 Å². The minimum absolute atomic E-state index is 0.121. The predicted octanol–water partition coefficient (Wildman–Crippen LogP) is 1.13. The highest BCUT2D eigenvalue weighted by molar-refractivity contribution is 9.10. The monoisotopic (exact) mass is 326 g/mol. The van der Waals surface area contributed by atoms with E-state index in [0.717, 1.165) is 4.47 Å². The van der Waals surface area contributed by atoms with E-state index in [1.807, 2.05) is 0 Å². The molecule has 0 amide bonds. The lowest BCUT2D eigenvalue weighted by molar-refractivity contribution is 0.0691. The highest BCUT2D eigenvalue weighted by Crippen LogP contribution is 2.16. The Hall–Kier alpha value is -1.93. The van der Waals surface area contributed by atoms with Crippen molar-refractivity contribution in [2.75, 3.05) is 18.5 Å². The van der Waals surface area contributed by atoms with E-state index in [1.54, 1.807) is 24.3 Å². The van der Waals surface area contributed by atoms with Crippen molar-refractivity contribution < 1.29 is 15.0 Å². The average Bonchev–Trinajstić information content (AvgIpc) is 2.81. The molecular formula is C11H11BrN4O3. The van der Waals surface area contributed by atoms with Crippen molar-refractivity contribution in [2.45, 2.75) is 0 Å². The van der Waals surface area contributed by atoms with Gasteiger partial charge < -0.3 is 15.5 Å². The van der Waals surface area contributed by atoms with Crippen LogP contribution in [0, 0.1) is 0 Å². The molecule has 19 heavy (non-hydrogen) atoms. The molecule has 0 fully saturated rings. The molecule has 1 aromatic carbocycles. The predicted molar refractivity (Wildman–Crippen MR) is 71.6 cm³/mol. The van der Waals surface area contributed by atoms with E-state index in [1.165, 1.54) is 4.80 Å². The minimum Gasteiger partial charge on any atom is -0.476 e. The van der Waals surface area contributed by atoms with E-state index in [-0.39, 0.29) is 24.7 Å². The van der Waals surface area contributed by atoms with E-state index in [9.17, 15) is 4.79 Å². The molecule has 0 aliphatic rings. The van der Waals surface area contributed by atoms with Gasteiger partial charge in [-0.1, -0.05) is 15.9 Å². The molecule has 1 heterocycles. The van der Waals surface area contributed by atoms with Gasteiger partial charge in [0.2, 0.25) is 5.69 Å². The molecule has 1 aromatic heterocycles. The number of benzene rings is 1. The molecule has 3 N–H and O–H groups in total. The summed E-state index contributed by atoms with van der Waals surface area (Å²) in [6.45, 7) is 0.0868. The van der Waals surface area contributed by atoms with Crippen molar-refractivity contribution in [2.24, 2.45) is 0 Å². The summed E-state index contributed by atoms with van der Waals surface area (Å²) >= 11 is 3.31. The van der Waals surface area contributed by atoms with Crippen LogP contribution < -0.4 is 5.32 Å². The Morgan fingerprint density at radius 3 is 2.58 bits per heavy atom. The first-order valence-corrected chi connectivity index (χ1v) is 6.22. The fourth-order valence-corrected chi connectivity index (χ4v) is 1.70. The number of aliphatic hydroxyl groups is 1. The van der Waals surface area contributed by atoms with E-state index in [2.05, 4.69) is 31.4 Å². The Labute approximate surface area is 117 Å². The lowest BCUT2D eigenvalue weighted by Gasteiger charge is -1.99. The average molecular weight is 327 g/mol. The highest BCUT2D eigenvalue weighted by Gasteiger charge is 2.18. The van der Waals surface area contributed by atoms with Crippen LogP contribution in [0.5, 0.6) is 0 Å². The molecule has 2 aromatic rings. The summed E-state index contributed by atoms with van der Waals surface area (Å²) in [6.07, 6.45) is 0. The van der Waals surface area contributed by atoms with Crippen LogP contribution in [0.3, 0.4) is 0 Å². The first-order chi connectivity index (χ1) is 9.11. The SMILES string of the molecule is O=C(O)c1nn(-c2ccc(Br)cc2)nc1NCCO. The number of anilines is 1. The van der Waals surface area contributed by atoms with Gasteiger partial charge in [-0.15, -0.1) is 15.0 Å². The summed E-state index contributed by atoms with van der Waals surface area (Å²) < 4.78 is 0.903. The van der Waals surface area contributed by atoms with Crippen molar-refractivity contribution in [1.82, 2.24) is 15.0 Å². The molecule has 0 bridgehead atoms. The number of carboxylic acids is 1. The second kappa shape index (κ2) is 5.81. The van der Waals surface area contributed by atoms with Crippen LogP contribution in [0.2, 0.25) is 0 Å². The second-order valence-corrected chi connectivity index (χ2v) is 4.53. The summed E-state index contributed by atoms with van der Waals surface area (Å²) in [6, 6.07) is 7.12. The van der Waals surface area contributed by atoms with Crippen LogP contribution in [0.15, 0.2) is 28.7 Å². The smallest absolute Gasteiger partial charge is 0.360 e. The third-order valence-electron chi connectivity index (χ3n) is 2.28. The Morgan fingerprint density at radius 2 is 2.00 bits per heavy atom. The van der Waals surface area contributed by atoms with Crippen molar-refractivity contribution in [1.29, 1.82) is 0 Å². The number of nitrogens with zero attached hydrogens (tertiary/aromatic N) is 3. The third-order valence-corrected chi connectivity index (χ3v) is 2.81. The Morgan fingerprint density at radius 1 is 1.32 bits per heavy atom. The van der Waals surface area contributed by atoms with Gasteiger partial charge in [0.05, 0.1) is 12.3 Å². The zero-order valence-electron chi connectivity index (χ0n) is 9.75. The molecule has 0 aliphatic carbocycles. The molecule has 0 unspecified atom stereocenters. The first kappa shape index (κ1) is 13.5. The molecule has 2 rings (SSSR count). The van der Waals surface area contributed by atoms with Crippen LogP contribution >= 0.6 is 15.9 Å². The molecule has 7 nitrogen and oxygen atoms in total. The fraction of sp³-hybridized carbons (Fsp3) is 0.182. The zero-order valence-corrected chi connectivity index (χ0v) is 11.3. The third kappa shape index (κ3) is 3.09. The summed E-state index contributed by atoms with van der Waals surface area (Å²) in [7, 11) is 0. The van der Waals surface area contributed by atoms with E-state index in [0.29, 0.717) is 5.69 Å². The van der Waals surface area contributed by atoms with Crippen LogP contribution in [-0.4, -0.2) is 44.3 Å². The summed E-state index contributed by atoms with van der Waals surface area (Å²) in [5.74, 6) is -1.05. The molecule has 0 aliphatic heterocycles. The molecule has 0 saturated heterocycles. The number of hydrogen-bond donors (Lipinski definition) is 3. The zero-order chi connectivity index (χ0) is 13.8. The molecule has 0 spiro atoms. The van der Waals surface area contributed by atoms with Gasteiger partial charge in [-0.3, -0.25) is 0 Å². The molecule has 8 heteroatoms. The number of aliphatic hydroxyl groups excluding tert-OH is 1. The number of halogens is 1. The number of nitrogens with one attached hydrogen (secondary N) is 1. The number of hydrogen-bond acceptors (Lipinski definition) is 5. The maximum Gasteiger partial charge on any atom is 0.360 e. The summed E-state index contributed by atoms with van der Waals surface area (Å²) in [5.41, 5.74) is 0.458. The minimum atomic E-state index is -1.18. The number of rotatable bonds is 5. The summed E-state index contributed by atoms with van der Waals surface area (Å²) in [4.78, 5) is 12.3. The van der Waals surface area contributed by atoms with Crippen LogP contribution in [-0.2, 0) is 0 Å². The van der Waals surface area contributed by atoms with Gasteiger partial charge in [-0.2, -0.15) is 0 Å². The Bertz CT molecular complexity index is 582. The number of aromatic carboxylic acids is 1. The fourth-order valence-electron chi connectivity index (χ4n) is 1.43. The van der Waals surface area contributed by atoms with Crippen molar-refractivity contribution in [3.05, 3.63) is 34.4 Å². The van der Waals surface area contributed by atoms with Crippen molar-refractivity contribution >= 4 is 27.7 Å². The maximum absolute atomic E-state index is 11.1. The number of aromatic nitrogens is 3. The van der Waals surface area contributed by atoms with Gasteiger partial charge in [0, 0.05) is 11.0 Å². The second-order valence-electron chi connectivity index (χ2n) is 3.62. The maximum atomic E-state index is 11.1. The molecule has 100 valence electrons. The van der Waals surface area contributed by atoms with E-state index in [4.69, 9.17) is 10.2 Å². The number of carbonyl (C=O) groups is 1. The quantitative estimate of drug-likeness (QED) is 0.761. The molecular weight excluding hydrogens is 316 g/mol. The molecule has 0 saturated carbocycles. The van der Waals surface area contributed by atoms with E-state index < -0.39 is 5.97 Å². The van der Waals surface area contributed by atoms with Gasteiger partial charge in [0.25, 0.3) is 0 Å². The number of carboxylic acid groups (broad SMARTS) is 1. The standard InChI is InChI=1S/C11H11BrN4O3/c12-7-1-3-8(4-2-7)16-14-9(11(18)19)10(15-16)13-5-6-17/h1-4,17H,5-6H2,(H,13,15)(H,18,19). The largest absolute Gasteiger partial charge is 0.476 e. The van der Waals surface area contributed by atoms with Gasteiger partial charge >= 0.3 is 5.97 Å². The van der Waals surface area contributed by atoms with Gasteiger partial charge in [-0.25, -0.2) is 4.79 Å². The molecule has 0 atom stereocenters. The lowest BCUT2D eigenvalue weighted by atomic mass is 10.3. The van der Waals surface area contributed by atoms with Gasteiger partial charge in [-0.05, 0) is 24.3 Å². The Balaban J connectivity index is 2.36. The van der Waals surface area contributed by atoms with E-state index >= 15 is 0 Å². The van der Waals surface area contributed by atoms with Crippen LogP contribution in [0.25, 0.3) is 5.69 Å². The van der Waals surface area contributed by atoms with Crippen molar-refractivity contribution in [3.8, 4) is 5.69 Å². The van der Waals surface area contributed by atoms with Gasteiger partial charge in [0.15, 0.2) is 5.82 Å². The summed E-state index contributed by atoms with van der Waals surface area (Å²) in [5, 5.41) is 28.5. The first-order valence-electron chi connectivity index (χ1n) is 5.43. The van der Waals surface area contributed by atoms with Crippen molar-refractivity contribution in [3.63, 3.8) is 0 Å². The van der Waals surface area contributed by atoms with Gasteiger partial charge in [0.1, 0.15) is 0 Å². The lowest BCUT2D eigenvalue weighted by Crippen LogP contribution is -2.09. The van der Waals surface area contributed by atoms with Crippen LogP contribution in [0.4, 0.5) is 5.82 Å². The highest BCUT2D eigenvalue weighted by atomic mass is 79.9. The molecule has 0 radical (unpaired) electrons. The normalized spacial score (nSPS) is 10.4.